The second-order valence-corrected chi connectivity index (χ2v) is 13.0. The van der Waals surface area contributed by atoms with Gasteiger partial charge in [-0.1, -0.05) is 127 Å². The first-order valence-corrected chi connectivity index (χ1v) is 17.4. The van der Waals surface area contributed by atoms with Gasteiger partial charge in [0.15, 0.2) is 0 Å². The second-order valence-electron chi connectivity index (χ2n) is 13.0. The lowest BCUT2D eigenvalue weighted by Crippen LogP contribution is -2.09. The van der Waals surface area contributed by atoms with Gasteiger partial charge >= 0.3 is 0 Å². The summed E-state index contributed by atoms with van der Waals surface area (Å²) in [5, 5.41) is 4.70. The zero-order chi connectivity index (χ0) is 33.7. The number of furan rings is 1. The average molecular weight is 653 g/mol. The van der Waals surface area contributed by atoms with Crippen molar-refractivity contribution in [1.82, 2.24) is 4.57 Å². The Hall–Kier alpha value is -6.84. The van der Waals surface area contributed by atoms with Crippen LogP contribution in [-0.4, -0.2) is 4.57 Å². The van der Waals surface area contributed by atoms with E-state index in [0.29, 0.717) is 0 Å². The Morgan fingerprint density at radius 1 is 0.373 bits per heavy atom. The van der Waals surface area contributed by atoms with E-state index in [0.717, 1.165) is 50.2 Å². The lowest BCUT2D eigenvalue weighted by molar-refractivity contribution is 0.669. The summed E-state index contributed by atoms with van der Waals surface area (Å²) in [7, 11) is 0. The smallest absolute Gasteiger partial charge is 0.137 e. The molecular weight excluding hydrogens is 621 g/mol. The third-order valence-electron chi connectivity index (χ3n) is 9.99. The molecule has 3 heteroatoms. The Labute approximate surface area is 295 Å². The van der Waals surface area contributed by atoms with E-state index in [1.165, 1.54) is 38.5 Å². The molecule has 8 aromatic carbocycles. The maximum atomic E-state index is 6.36. The van der Waals surface area contributed by atoms with Crippen LogP contribution in [0.25, 0.3) is 71.7 Å². The Morgan fingerprint density at radius 2 is 0.980 bits per heavy atom. The maximum Gasteiger partial charge on any atom is 0.137 e. The molecule has 0 unspecified atom stereocenters. The minimum atomic E-state index is 0.872. The Morgan fingerprint density at radius 3 is 1.76 bits per heavy atom. The predicted octanol–water partition coefficient (Wildman–Crippen LogP) is 13.5. The van der Waals surface area contributed by atoms with Crippen molar-refractivity contribution in [2.75, 3.05) is 4.90 Å². The zero-order valence-electron chi connectivity index (χ0n) is 27.8. The standard InChI is InChI=1S/C48H32N2O/c1-4-13-33(14-5-1)34-23-25-35(26-24-34)40-20-12-21-44-48(40)43-30-28-38(31-45(43)50(44)37-17-8-3-9-18-37)49(36-15-6-2-7-16-36)39-27-29-42-41-19-10-11-22-46(41)51-47(42)32-39/h1-32H. The van der Waals surface area contributed by atoms with E-state index in [1.54, 1.807) is 0 Å². The van der Waals surface area contributed by atoms with E-state index in [1.807, 2.05) is 12.1 Å². The van der Waals surface area contributed by atoms with Crippen LogP contribution in [0.4, 0.5) is 17.1 Å². The monoisotopic (exact) mass is 652 g/mol. The van der Waals surface area contributed by atoms with Crippen LogP contribution in [0.1, 0.15) is 0 Å². The molecule has 0 bridgehead atoms. The van der Waals surface area contributed by atoms with Gasteiger partial charge in [-0.2, -0.15) is 0 Å². The lowest BCUT2D eigenvalue weighted by Gasteiger charge is -2.25. The van der Waals surface area contributed by atoms with Crippen LogP contribution in [0.15, 0.2) is 199 Å². The maximum absolute atomic E-state index is 6.36. The predicted molar refractivity (Wildman–Crippen MR) is 214 cm³/mol. The molecule has 0 aliphatic rings. The van der Waals surface area contributed by atoms with Crippen LogP contribution >= 0.6 is 0 Å². The van der Waals surface area contributed by atoms with E-state index < -0.39 is 0 Å². The Kier molecular flexibility index (Phi) is 6.81. The molecule has 0 aliphatic heterocycles. The molecule has 0 radical (unpaired) electrons. The van der Waals surface area contributed by atoms with Gasteiger partial charge in [0, 0.05) is 50.4 Å². The highest BCUT2D eigenvalue weighted by Crippen LogP contribution is 2.43. The molecule has 0 fully saturated rings. The zero-order valence-corrected chi connectivity index (χ0v) is 27.8. The van der Waals surface area contributed by atoms with Gasteiger partial charge in [0.05, 0.1) is 11.0 Å². The third kappa shape index (κ3) is 4.90. The summed E-state index contributed by atoms with van der Waals surface area (Å²) in [6.45, 7) is 0. The van der Waals surface area contributed by atoms with Crippen LogP contribution in [0, 0.1) is 0 Å². The van der Waals surface area contributed by atoms with Crippen molar-refractivity contribution >= 4 is 60.8 Å². The van der Waals surface area contributed by atoms with E-state index in [-0.39, 0.29) is 0 Å². The molecular formula is C48H32N2O. The third-order valence-corrected chi connectivity index (χ3v) is 9.99. The summed E-state index contributed by atoms with van der Waals surface area (Å²) in [5.41, 5.74) is 13.2. The van der Waals surface area contributed by atoms with Gasteiger partial charge in [0.25, 0.3) is 0 Å². The minimum absolute atomic E-state index is 0.872. The first-order chi connectivity index (χ1) is 25.3. The molecule has 0 aliphatic carbocycles. The number of fused-ring (bicyclic) bond motifs is 6. The number of anilines is 3. The summed E-state index contributed by atoms with van der Waals surface area (Å²) in [4.78, 5) is 2.32. The van der Waals surface area contributed by atoms with Gasteiger partial charge in [0.1, 0.15) is 11.2 Å². The fourth-order valence-electron chi connectivity index (χ4n) is 7.64. The number of nitrogens with zero attached hydrogens (tertiary/aromatic N) is 2. The van der Waals surface area contributed by atoms with Crippen LogP contribution in [0.5, 0.6) is 0 Å². The highest BCUT2D eigenvalue weighted by Gasteiger charge is 2.20. The Balaban J connectivity index is 1.19. The number of hydrogen-bond donors (Lipinski definition) is 0. The molecule has 10 rings (SSSR count). The molecule has 51 heavy (non-hydrogen) atoms. The average Bonchev–Trinajstić information content (AvgIpc) is 3.74. The van der Waals surface area contributed by atoms with Gasteiger partial charge in [-0.15, -0.1) is 0 Å². The molecule has 0 amide bonds. The topological polar surface area (TPSA) is 21.3 Å². The number of hydrogen-bond acceptors (Lipinski definition) is 2. The van der Waals surface area contributed by atoms with Crippen molar-refractivity contribution in [2.24, 2.45) is 0 Å². The van der Waals surface area contributed by atoms with E-state index in [2.05, 4.69) is 191 Å². The molecule has 2 aromatic heterocycles. The Bertz CT molecular complexity index is 2830. The molecule has 0 atom stereocenters. The first-order valence-electron chi connectivity index (χ1n) is 17.4. The van der Waals surface area contributed by atoms with Gasteiger partial charge < -0.3 is 13.9 Å². The molecule has 0 saturated heterocycles. The number of rotatable bonds is 6. The fourth-order valence-corrected chi connectivity index (χ4v) is 7.64. The van der Waals surface area contributed by atoms with Crippen LogP contribution in [-0.2, 0) is 0 Å². The highest BCUT2D eigenvalue weighted by molar-refractivity contribution is 6.16. The largest absolute Gasteiger partial charge is 0.456 e. The summed E-state index contributed by atoms with van der Waals surface area (Å²) < 4.78 is 8.76. The fraction of sp³-hybridized carbons (Fsp3) is 0. The second kappa shape index (κ2) is 11.9. The van der Waals surface area contributed by atoms with Crippen molar-refractivity contribution < 1.29 is 4.42 Å². The molecule has 0 N–H and O–H groups in total. The van der Waals surface area contributed by atoms with Gasteiger partial charge in [0.2, 0.25) is 0 Å². The van der Waals surface area contributed by atoms with Crippen molar-refractivity contribution in [1.29, 1.82) is 0 Å². The minimum Gasteiger partial charge on any atom is -0.456 e. The van der Waals surface area contributed by atoms with Gasteiger partial charge in [-0.3, -0.25) is 0 Å². The SMILES string of the molecule is c1ccc(-c2ccc(-c3cccc4c3c3ccc(N(c5ccccc5)c5ccc6c(c5)oc5ccccc56)cc3n4-c3ccccc3)cc2)cc1. The number of benzene rings is 8. The van der Waals surface area contributed by atoms with Gasteiger partial charge in [-0.25, -0.2) is 0 Å². The molecule has 240 valence electrons. The molecule has 2 heterocycles. The number of para-hydroxylation sites is 3. The van der Waals surface area contributed by atoms with Gasteiger partial charge in [-0.05, 0) is 82.9 Å². The lowest BCUT2D eigenvalue weighted by atomic mass is 9.97. The summed E-state index contributed by atoms with van der Waals surface area (Å²) in [5.74, 6) is 0. The first kappa shape index (κ1) is 29.1. The summed E-state index contributed by atoms with van der Waals surface area (Å²) in [6, 6.07) is 69.1. The summed E-state index contributed by atoms with van der Waals surface area (Å²) >= 11 is 0. The molecule has 0 spiro atoms. The molecule has 0 saturated carbocycles. The van der Waals surface area contributed by atoms with Crippen molar-refractivity contribution in [3.8, 4) is 27.9 Å². The van der Waals surface area contributed by atoms with Crippen LogP contribution in [0.2, 0.25) is 0 Å². The van der Waals surface area contributed by atoms with E-state index in [4.69, 9.17) is 4.42 Å². The van der Waals surface area contributed by atoms with E-state index in [9.17, 15) is 0 Å². The molecule has 10 aromatic rings. The van der Waals surface area contributed by atoms with Crippen molar-refractivity contribution in [3.63, 3.8) is 0 Å². The van der Waals surface area contributed by atoms with Crippen LogP contribution < -0.4 is 4.90 Å². The van der Waals surface area contributed by atoms with Crippen molar-refractivity contribution in [3.05, 3.63) is 194 Å². The number of aromatic nitrogens is 1. The van der Waals surface area contributed by atoms with Crippen molar-refractivity contribution in [2.45, 2.75) is 0 Å². The quantitative estimate of drug-likeness (QED) is 0.178. The normalized spacial score (nSPS) is 11.5. The van der Waals surface area contributed by atoms with Crippen LogP contribution in [0.3, 0.4) is 0 Å². The summed E-state index contributed by atoms with van der Waals surface area (Å²) in [6.07, 6.45) is 0. The highest BCUT2D eigenvalue weighted by atomic mass is 16.3. The molecule has 3 nitrogen and oxygen atoms in total. The van der Waals surface area contributed by atoms with E-state index >= 15 is 0 Å².